The Morgan fingerprint density at radius 1 is 0.523 bits per heavy atom. The SMILES string of the molecule is [2H]c1c([2H])c(-n2c3c([2H])c([2H])c([2H])c([2H])c3c3c([2H])c([2H])c([2H])c([2H])c32)c([2H])c([2H])c1-c1nc(-c2ccc(-c3ccccc3)cc2)c2c(n1)sc1ccccc12. The van der Waals surface area contributed by atoms with E-state index in [0.717, 1.165) is 36.7 Å². The van der Waals surface area contributed by atoms with Crippen molar-refractivity contribution in [3.05, 3.63) is 151 Å². The lowest BCUT2D eigenvalue weighted by molar-refractivity contribution is 1.17. The van der Waals surface area contributed by atoms with Crippen LogP contribution in [0.25, 0.3) is 81.6 Å². The molecular formula is C40H25N3S. The molecule has 3 aromatic heterocycles. The minimum absolute atomic E-state index is 0.0687. The monoisotopic (exact) mass is 591 g/mol. The molecule has 0 aliphatic heterocycles. The van der Waals surface area contributed by atoms with Gasteiger partial charge in [0.2, 0.25) is 0 Å². The van der Waals surface area contributed by atoms with Crippen molar-refractivity contribution in [2.75, 3.05) is 0 Å². The van der Waals surface area contributed by atoms with E-state index in [2.05, 4.69) is 0 Å². The van der Waals surface area contributed by atoms with Gasteiger partial charge in [-0.2, -0.15) is 0 Å². The van der Waals surface area contributed by atoms with Gasteiger partial charge in [0.15, 0.2) is 5.82 Å². The Morgan fingerprint density at radius 2 is 1.14 bits per heavy atom. The number of aromatic nitrogens is 3. The van der Waals surface area contributed by atoms with Crippen LogP contribution in [0, 0.1) is 0 Å². The lowest BCUT2D eigenvalue weighted by Crippen LogP contribution is -1.96. The van der Waals surface area contributed by atoms with Gasteiger partial charge in [-0.25, -0.2) is 9.97 Å². The van der Waals surface area contributed by atoms with E-state index in [4.69, 9.17) is 20.9 Å². The van der Waals surface area contributed by atoms with E-state index in [-0.39, 0.29) is 33.2 Å². The number of benzene rings is 6. The first kappa shape index (κ1) is 15.8. The Morgan fingerprint density at radius 3 is 1.86 bits per heavy atom. The second-order valence-corrected chi connectivity index (χ2v) is 11.2. The number of fused-ring (bicyclic) bond motifs is 6. The summed E-state index contributed by atoms with van der Waals surface area (Å²) in [6.45, 7) is 0. The quantitative estimate of drug-likeness (QED) is 0.204. The van der Waals surface area contributed by atoms with Crippen molar-refractivity contribution < 1.29 is 16.4 Å². The third-order valence-corrected chi connectivity index (χ3v) is 8.66. The van der Waals surface area contributed by atoms with Crippen LogP contribution in [0.15, 0.2) is 151 Å². The molecule has 9 aromatic rings. The standard InChI is InChI=1S/C40H25N3S/c1-2-10-26(11-3-1)27-18-20-28(21-19-27)38-37-33-14-6-9-17-36(33)44-40(37)42-39(41-38)29-22-24-30(25-23-29)43-34-15-7-4-12-31(34)32-13-5-8-16-35(32)43/h1-25H/i4D,5D,7D,8D,12D,13D,15D,16D,22D,23D,24D,25D. The minimum Gasteiger partial charge on any atom is -0.309 e. The predicted octanol–water partition coefficient (Wildman–Crippen LogP) is 10.9. The smallest absolute Gasteiger partial charge is 0.161 e. The van der Waals surface area contributed by atoms with Crippen molar-refractivity contribution in [3.8, 4) is 39.5 Å². The van der Waals surface area contributed by atoms with Crippen molar-refractivity contribution in [1.29, 1.82) is 0 Å². The molecule has 9 rings (SSSR count). The molecule has 0 N–H and O–H groups in total. The molecule has 4 heteroatoms. The highest BCUT2D eigenvalue weighted by Crippen LogP contribution is 2.40. The molecular weight excluding hydrogens is 555 g/mol. The molecule has 0 bridgehead atoms. The minimum atomic E-state index is -0.664. The lowest BCUT2D eigenvalue weighted by atomic mass is 10.0. The highest BCUT2D eigenvalue weighted by atomic mass is 32.1. The van der Waals surface area contributed by atoms with Gasteiger partial charge in [-0.05, 0) is 53.4 Å². The van der Waals surface area contributed by atoms with Gasteiger partial charge in [0, 0.05) is 43.1 Å². The van der Waals surface area contributed by atoms with Crippen LogP contribution in [0.4, 0.5) is 0 Å². The molecule has 6 aromatic carbocycles. The highest BCUT2D eigenvalue weighted by Gasteiger charge is 2.17. The first-order valence-corrected chi connectivity index (χ1v) is 14.6. The molecule has 206 valence electrons. The zero-order valence-electron chi connectivity index (χ0n) is 34.8. The van der Waals surface area contributed by atoms with Gasteiger partial charge < -0.3 is 4.57 Å². The molecule has 0 unspecified atom stereocenters. The molecule has 0 saturated carbocycles. The maximum Gasteiger partial charge on any atom is 0.161 e. The molecule has 0 fully saturated rings. The van der Waals surface area contributed by atoms with Crippen LogP contribution in [-0.2, 0) is 0 Å². The van der Waals surface area contributed by atoms with Crippen LogP contribution in [0.3, 0.4) is 0 Å². The molecule has 0 radical (unpaired) electrons. The predicted molar refractivity (Wildman–Crippen MR) is 186 cm³/mol. The summed E-state index contributed by atoms with van der Waals surface area (Å²) in [5.74, 6) is -0.0687. The first-order chi connectivity index (χ1) is 26.8. The van der Waals surface area contributed by atoms with Gasteiger partial charge in [-0.3, -0.25) is 0 Å². The fraction of sp³-hybridized carbons (Fsp3) is 0. The van der Waals surface area contributed by atoms with Crippen molar-refractivity contribution in [3.63, 3.8) is 0 Å². The molecule has 3 heterocycles. The largest absolute Gasteiger partial charge is 0.309 e. The number of para-hydroxylation sites is 2. The van der Waals surface area contributed by atoms with E-state index in [1.165, 1.54) is 11.3 Å². The van der Waals surface area contributed by atoms with Gasteiger partial charge in [0.25, 0.3) is 0 Å². The third-order valence-electron chi connectivity index (χ3n) is 7.60. The number of hydrogen-bond donors (Lipinski definition) is 0. The number of nitrogens with zero attached hydrogens (tertiary/aromatic N) is 3. The van der Waals surface area contributed by atoms with Gasteiger partial charge in [-0.1, -0.05) is 109 Å². The Labute approximate surface area is 275 Å². The summed E-state index contributed by atoms with van der Waals surface area (Å²) in [6, 6.07) is 18.1. The topological polar surface area (TPSA) is 30.7 Å². The second kappa shape index (κ2) is 10.0. The van der Waals surface area contributed by atoms with Crippen molar-refractivity contribution in [1.82, 2.24) is 14.5 Å². The van der Waals surface area contributed by atoms with Gasteiger partial charge in [0.05, 0.1) is 33.2 Å². The third kappa shape index (κ3) is 3.96. The maximum absolute atomic E-state index is 9.32. The van der Waals surface area contributed by atoms with Crippen LogP contribution >= 0.6 is 11.3 Å². The lowest BCUT2D eigenvalue weighted by Gasteiger charge is -2.11. The van der Waals surface area contributed by atoms with Crippen LogP contribution in [0.1, 0.15) is 16.4 Å². The Kier molecular flexibility index (Phi) is 3.59. The van der Waals surface area contributed by atoms with E-state index in [1.807, 2.05) is 78.9 Å². The van der Waals surface area contributed by atoms with Crippen LogP contribution in [0.5, 0.6) is 0 Å². The van der Waals surface area contributed by atoms with E-state index in [1.54, 1.807) is 0 Å². The summed E-state index contributed by atoms with van der Waals surface area (Å²) in [7, 11) is 0. The molecule has 0 saturated heterocycles. The van der Waals surface area contributed by atoms with Crippen LogP contribution < -0.4 is 0 Å². The summed E-state index contributed by atoms with van der Waals surface area (Å²) < 4.78 is 108. The fourth-order valence-electron chi connectivity index (χ4n) is 5.57. The van der Waals surface area contributed by atoms with E-state index >= 15 is 0 Å². The number of hydrogen-bond acceptors (Lipinski definition) is 3. The van der Waals surface area contributed by atoms with Crippen LogP contribution in [0.2, 0.25) is 0 Å². The molecule has 0 spiro atoms. The van der Waals surface area contributed by atoms with Crippen molar-refractivity contribution >= 4 is 53.4 Å². The molecule has 0 aliphatic carbocycles. The molecule has 0 amide bonds. The average molecular weight is 592 g/mol. The maximum atomic E-state index is 9.32. The molecule has 44 heavy (non-hydrogen) atoms. The Bertz CT molecular complexity index is 3050. The summed E-state index contributed by atoms with van der Waals surface area (Å²) in [5.41, 5.74) is 2.00. The number of thiophene rings is 1. The van der Waals surface area contributed by atoms with Crippen molar-refractivity contribution in [2.24, 2.45) is 0 Å². The Balaban J connectivity index is 1.34. The van der Waals surface area contributed by atoms with Gasteiger partial charge in [0.1, 0.15) is 4.83 Å². The van der Waals surface area contributed by atoms with E-state index < -0.39 is 78.2 Å². The second-order valence-electron chi connectivity index (χ2n) is 10.1. The van der Waals surface area contributed by atoms with E-state index in [0.29, 0.717) is 10.5 Å². The Hall–Kier alpha value is -5.58. The van der Waals surface area contributed by atoms with Gasteiger partial charge in [-0.15, -0.1) is 11.3 Å². The average Bonchev–Trinajstić information content (AvgIpc) is 3.77. The zero-order chi connectivity index (χ0) is 39.5. The first-order valence-electron chi connectivity index (χ1n) is 19.8. The molecule has 0 atom stereocenters. The summed E-state index contributed by atoms with van der Waals surface area (Å²) in [6.07, 6.45) is 0. The molecule has 3 nitrogen and oxygen atoms in total. The van der Waals surface area contributed by atoms with Crippen LogP contribution in [-0.4, -0.2) is 14.5 Å². The highest BCUT2D eigenvalue weighted by molar-refractivity contribution is 7.25. The summed E-state index contributed by atoms with van der Waals surface area (Å²) in [4.78, 5) is 10.3. The van der Waals surface area contributed by atoms with Crippen molar-refractivity contribution in [2.45, 2.75) is 0 Å². The zero-order valence-corrected chi connectivity index (χ0v) is 23.6. The fourth-order valence-corrected chi connectivity index (χ4v) is 6.64. The summed E-state index contributed by atoms with van der Waals surface area (Å²) in [5, 5.41) is 1.21. The van der Waals surface area contributed by atoms with E-state index in [9.17, 15) is 5.48 Å². The number of rotatable bonds is 4. The van der Waals surface area contributed by atoms with Gasteiger partial charge >= 0.3 is 0 Å². The normalized spacial score (nSPS) is 15.5. The summed E-state index contributed by atoms with van der Waals surface area (Å²) >= 11 is 1.40. The molecule has 0 aliphatic rings.